The third-order valence-electron chi connectivity index (χ3n) is 5.76. The van der Waals surface area contributed by atoms with Gasteiger partial charge in [0.2, 0.25) is 5.91 Å². The molecule has 1 aliphatic heterocycles. The molecule has 0 aromatic carbocycles. The van der Waals surface area contributed by atoms with Crippen LogP contribution < -0.4 is 0 Å². The second-order valence-corrected chi connectivity index (χ2v) is 7.16. The molecule has 0 bridgehead atoms. The third-order valence-corrected chi connectivity index (χ3v) is 5.76. The van der Waals surface area contributed by atoms with E-state index in [0.717, 1.165) is 32.5 Å². The maximum atomic E-state index is 12.8. The molecule has 22 heavy (non-hydrogen) atoms. The average molecular weight is 308 g/mol. The average Bonchev–Trinajstić information content (AvgIpc) is 2.56. The van der Waals surface area contributed by atoms with Gasteiger partial charge in [0.15, 0.2) is 0 Å². The van der Waals surface area contributed by atoms with E-state index in [-0.39, 0.29) is 11.8 Å². The van der Waals surface area contributed by atoms with E-state index in [4.69, 9.17) is 0 Å². The molecule has 1 saturated heterocycles. The van der Waals surface area contributed by atoms with Crippen molar-refractivity contribution < 1.29 is 9.90 Å². The highest BCUT2D eigenvalue weighted by atomic mass is 16.3. The van der Waals surface area contributed by atoms with E-state index in [1.54, 1.807) is 0 Å². The maximum absolute atomic E-state index is 12.8. The van der Waals surface area contributed by atoms with Crippen molar-refractivity contribution in [1.82, 2.24) is 9.80 Å². The van der Waals surface area contributed by atoms with Crippen LogP contribution in [-0.4, -0.2) is 59.1 Å². The Balaban J connectivity index is 1.93. The van der Waals surface area contributed by atoms with Crippen LogP contribution in [-0.2, 0) is 4.79 Å². The predicted octanol–water partition coefficient (Wildman–Crippen LogP) is 2.43. The van der Waals surface area contributed by atoms with Crippen molar-refractivity contribution in [2.75, 3.05) is 26.7 Å². The normalized spacial score (nSPS) is 24.7. The van der Waals surface area contributed by atoms with E-state index in [2.05, 4.69) is 11.5 Å². The van der Waals surface area contributed by atoms with Gasteiger partial charge in [-0.2, -0.15) is 0 Å². The van der Waals surface area contributed by atoms with Crippen LogP contribution in [0.15, 0.2) is 12.7 Å². The second-order valence-electron chi connectivity index (χ2n) is 7.16. The fourth-order valence-corrected chi connectivity index (χ4v) is 3.92. The Bertz CT molecular complexity index is 383. The monoisotopic (exact) mass is 308 g/mol. The zero-order chi connectivity index (χ0) is 16.2. The van der Waals surface area contributed by atoms with Crippen molar-refractivity contribution in [3.8, 4) is 0 Å². The molecule has 0 radical (unpaired) electrons. The lowest BCUT2D eigenvalue weighted by molar-refractivity contribution is -0.149. The van der Waals surface area contributed by atoms with Gasteiger partial charge in [-0.25, -0.2) is 0 Å². The van der Waals surface area contributed by atoms with E-state index in [1.165, 1.54) is 19.3 Å². The molecule has 0 aromatic heterocycles. The SMILES string of the molecule is C=CCN1CCC(O)(C(C)C(=O)N(C)C2CCCCC2)CC1. The van der Waals surface area contributed by atoms with Gasteiger partial charge in [-0.3, -0.25) is 9.69 Å². The first-order valence-corrected chi connectivity index (χ1v) is 8.80. The maximum Gasteiger partial charge on any atom is 0.228 e. The zero-order valence-electron chi connectivity index (χ0n) is 14.3. The van der Waals surface area contributed by atoms with Gasteiger partial charge in [-0.1, -0.05) is 32.3 Å². The van der Waals surface area contributed by atoms with Crippen LogP contribution in [0.1, 0.15) is 51.9 Å². The molecule has 1 atom stereocenters. The Kier molecular flexibility index (Phi) is 6.04. The number of hydrogen-bond donors (Lipinski definition) is 1. The summed E-state index contributed by atoms with van der Waals surface area (Å²) in [5, 5.41) is 10.9. The molecule has 1 N–H and O–H groups in total. The van der Waals surface area contributed by atoms with Crippen LogP contribution in [0.2, 0.25) is 0 Å². The van der Waals surface area contributed by atoms with Crippen molar-refractivity contribution in [2.24, 2.45) is 5.92 Å². The van der Waals surface area contributed by atoms with Crippen LogP contribution in [0.25, 0.3) is 0 Å². The third kappa shape index (κ3) is 3.90. The van der Waals surface area contributed by atoms with Crippen LogP contribution in [0.4, 0.5) is 0 Å². The summed E-state index contributed by atoms with van der Waals surface area (Å²) in [4.78, 5) is 17.0. The number of amides is 1. The number of aliphatic hydroxyl groups is 1. The summed E-state index contributed by atoms with van der Waals surface area (Å²) < 4.78 is 0. The van der Waals surface area contributed by atoms with Gasteiger partial charge in [0.25, 0.3) is 0 Å². The van der Waals surface area contributed by atoms with Gasteiger partial charge in [0.1, 0.15) is 0 Å². The van der Waals surface area contributed by atoms with Gasteiger partial charge < -0.3 is 10.0 Å². The summed E-state index contributed by atoms with van der Waals surface area (Å²) in [6.45, 7) is 8.21. The number of carbonyl (C=O) groups excluding carboxylic acids is 1. The van der Waals surface area contributed by atoms with Crippen LogP contribution in [0.5, 0.6) is 0 Å². The second kappa shape index (κ2) is 7.60. The Morgan fingerprint density at radius 1 is 1.36 bits per heavy atom. The first kappa shape index (κ1) is 17.5. The molecule has 1 aliphatic carbocycles. The summed E-state index contributed by atoms with van der Waals surface area (Å²) in [7, 11) is 1.92. The number of rotatable bonds is 5. The van der Waals surface area contributed by atoms with Gasteiger partial charge in [-0.15, -0.1) is 6.58 Å². The van der Waals surface area contributed by atoms with Gasteiger partial charge in [0.05, 0.1) is 11.5 Å². The molecule has 4 nitrogen and oxygen atoms in total. The Hall–Kier alpha value is -0.870. The first-order chi connectivity index (χ1) is 10.5. The fraction of sp³-hybridized carbons (Fsp3) is 0.833. The Morgan fingerprint density at radius 2 is 1.95 bits per heavy atom. The molecule has 2 fully saturated rings. The minimum absolute atomic E-state index is 0.117. The molecule has 126 valence electrons. The summed E-state index contributed by atoms with van der Waals surface area (Å²) in [6.07, 6.45) is 9.20. The lowest BCUT2D eigenvalue weighted by Crippen LogP contribution is -2.54. The molecule has 1 saturated carbocycles. The smallest absolute Gasteiger partial charge is 0.228 e. The molecule has 2 aliphatic rings. The first-order valence-electron chi connectivity index (χ1n) is 8.80. The van der Waals surface area contributed by atoms with E-state index in [9.17, 15) is 9.90 Å². The quantitative estimate of drug-likeness (QED) is 0.793. The Morgan fingerprint density at radius 3 is 2.50 bits per heavy atom. The minimum atomic E-state index is -0.850. The van der Waals surface area contributed by atoms with E-state index < -0.39 is 5.60 Å². The molecule has 1 heterocycles. The van der Waals surface area contributed by atoms with Crippen LogP contribution >= 0.6 is 0 Å². The van der Waals surface area contributed by atoms with Crippen molar-refractivity contribution >= 4 is 5.91 Å². The topological polar surface area (TPSA) is 43.8 Å². The van der Waals surface area contributed by atoms with Crippen molar-refractivity contribution in [1.29, 1.82) is 0 Å². The molecule has 1 amide bonds. The fourth-order valence-electron chi connectivity index (χ4n) is 3.92. The molecule has 4 heteroatoms. The number of likely N-dealkylation sites (tertiary alicyclic amines) is 1. The molecule has 0 spiro atoms. The number of hydrogen-bond acceptors (Lipinski definition) is 3. The lowest BCUT2D eigenvalue weighted by atomic mass is 9.79. The molecular formula is C18H32N2O2. The van der Waals surface area contributed by atoms with Crippen molar-refractivity contribution in [3.63, 3.8) is 0 Å². The summed E-state index contributed by atoms with van der Waals surface area (Å²) >= 11 is 0. The summed E-state index contributed by atoms with van der Waals surface area (Å²) in [5.74, 6) is -0.197. The highest BCUT2D eigenvalue weighted by Crippen LogP contribution is 2.32. The molecule has 1 unspecified atom stereocenters. The van der Waals surface area contributed by atoms with E-state index >= 15 is 0 Å². The summed E-state index contributed by atoms with van der Waals surface area (Å²) in [6, 6.07) is 0.369. The van der Waals surface area contributed by atoms with E-state index in [1.807, 2.05) is 24.9 Å². The lowest BCUT2D eigenvalue weighted by Gasteiger charge is -2.43. The molecule has 0 aromatic rings. The van der Waals surface area contributed by atoms with E-state index in [0.29, 0.717) is 18.9 Å². The standard InChI is InChI=1S/C18H32N2O2/c1-4-12-20-13-10-18(22,11-14-20)15(2)17(21)19(3)16-8-6-5-7-9-16/h4,15-16,22H,1,5-14H2,2-3H3. The number of nitrogens with zero attached hydrogens (tertiary/aromatic N) is 2. The minimum Gasteiger partial charge on any atom is -0.389 e. The van der Waals surface area contributed by atoms with Crippen LogP contribution in [0.3, 0.4) is 0 Å². The molecular weight excluding hydrogens is 276 g/mol. The number of piperidine rings is 1. The summed E-state index contributed by atoms with van der Waals surface area (Å²) in [5.41, 5.74) is -0.850. The van der Waals surface area contributed by atoms with Crippen molar-refractivity contribution in [3.05, 3.63) is 12.7 Å². The zero-order valence-corrected chi connectivity index (χ0v) is 14.3. The molecule has 2 rings (SSSR count). The van der Waals surface area contributed by atoms with Crippen LogP contribution in [0, 0.1) is 5.92 Å². The highest BCUT2D eigenvalue weighted by molar-refractivity contribution is 5.79. The van der Waals surface area contributed by atoms with Gasteiger partial charge in [0, 0.05) is 32.7 Å². The largest absolute Gasteiger partial charge is 0.389 e. The predicted molar refractivity (Wildman–Crippen MR) is 89.6 cm³/mol. The highest BCUT2D eigenvalue weighted by Gasteiger charge is 2.42. The van der Waals surface area contributed by atoms with Gasteiger partial charge >= 0.3 is 0 Å². The van der Waals surface area contributed by atoms with Crippen molar-refractivity contribution in [2.45, 2.75) is 63.5 Å². The Labute approximate surface area is 135 Å². The van der Waals surface area contributed by atoms with Gasteiger partial charge in [-0.05, 0) is 25.7 Å². The number of carbonyl (C=O) groups is 1.